The molecule has 1 saturated heterocycles. The molecule has 0 atom stereocenters. The maximum absolute atomic E-state index is 11.9. The maximum Gasteiger partial charge on any atom is 0.362 e. The summed E-state index contributed by atoms with van der Waals surface area (Å²) in [4.78, 5) is 24.4. The number of hydrogen-bond donors (Lipinski definition) is 1. The molecule has 0 bridgehead atoms. The molecular formula is C15H17N3O4. The van der Waals surface area contributed by atoms with E-state index in [1.54, 1.807) is 12.1 Å². The van der Waals surface area contributed by atoms with Gasteiger partial charge in [-0.2, -0.15) is 0 Å². The van der Waals surface area contributed by atoms with Crippen molar-refractivity contribution in [1.29, 1.82) is 0 Å². The van der Waals surface area contributed by atoms with E-state index >= 15 is 0 Å². The summed E-state index contributed by atoms with van der Waals surface area (Å²) in [6.07, 6.45) is 3.51. The first kappa shape index (κ1) is 14.5. The number of benzene rings is 1. The number of hydrogen-bond acceptors (Lipinski definition) is 5. The predicted octanol–water partition coefficient (Wildman–Crippen LogP) is 2.53. The van der Waals surface area contributed by atoms with Crippen LogP contribution in [0.3, 0.4) is 0 Å². The molecule has 116 valence electrons. The average Bonchev–Trinajstić information content (AvgIpc) is 2.89. The van der Waals surface area contributed by atoms with Gasteiger partial charge in [-0.05, 0) is 38.1 Å². The van der Waals surface area contributed by atoms with Crippen LogP contribution < -0.4 is 5.63 Å². The fourth-order valence-electron chi connectivity index (χ4n) is 2.79. The summed E-state index contributed by atoms with van der Waals surface area (Å²) in [5.74, 6) is 0. The van der Waals surface area contributed by atoms with Crippen molar-refractivity contribution in [3.05, 3.63) is 50.4 Å². The monoisotopic (exact) mass is 303 g/mol. The van der Waals surface area contributed by atoms with Gasteiger partial charge in [0.15, 0.2) is 0 Å². The van der Waals surface area contributed by atoms with Gasteiger partial charge in [-0.15, -0.1) is 0 Å². The quantitative estimate of drug-likeness (QED) is 0.692. The van der Waals surface area contributed by atoms with Crippen molar-refractivity contribution in [2.24, 2.45) is 0 Å². The molecule has 1 aromatic heterocycles. The van der Waals surface area contributed by atoms with E-state index in [1.165, 1.54) is 18.6 Å². The second-order valence-corrected chi connectivity index (χ2v) is 5.49. The molecule has 1 N–H and O–H groups in total. The molecule has 3 rings (SSSR count). The number of likely N-dealkylation sites (tertiary alicyclic amines) is 1. The molecule has 7 heteroatoms. The molecule has 0 radical (unpaired) electrons. The summed E-state index contributed by atoms with van der Waals surface area (Å²) in [5.41, 5.74) is 1.54. The fourth-order valence-corrected chi connectivity index (χ4v) is 2.79. The van der Waals surface area contributed by atoms with Crippen molar-refractivity contribution in [3.63, 3.8) is 0 Å². The van der Waals surface area contributed by atoms with Crippen LogP contribution in [0.4, 0.5) is 5.69 Å². The number of nitrogens with one attached hydrogen (secondary N) is 1. The zero-order valence-electron chi connectivity index (χ0n) is 12.1. The molecule has 0 aliphatic carbocycles. The van der Waals surface area contributed by atoms with Crippen LogP contribution in [0.15, 0.2) is 33.6 Å². The molecule has 2 aromatic rings. The zero-order chi connectivity index (χ0) is 15.5. The molecule has 1 aliphatic heterocycles. The lowest BCUT2D eigenvalue weighted by atomic mass is 10.1. The second-order valence-electron chi connectivity index (χ2n) is 5.49. The van der Waals surface area contributed by atoms with E-state index in [0.29, 0.717) is 23.4 Å². The van der Waals surface area contributed by atoms with E-state index in [4.69, 9.17) is 4.52 Å². The molecule has 0 saturated carbocycles. The summed E-state index contributed by atoms with van der Waals surface area (Å²) in [5, 5.41) is 13.3. The molecule has 22 heavy (non-hydrogen) atoms. The Balaban J connectivity index is 1.87. The van der Waals surface area contributed by atoms with Crippen LogP contribution in [0.25, 0.3) is 11.3 Å². The van der Waals surface area contributed by atoms with Gasteiger partial charge in [0, 0.05) is 24.2 Å². The van der Waals surface area contributed by atoms with E-state index < -0.39 is 4.92 Å². The number of H-pyrrole nitrogens is 1. The van der Waals surface area contributed by atoms with Crippen molar-refractivity contribution < 1.29 is 9.45 Å². The van der Waals surface area contributed by atoms with Gasteiger partial charge in [0.2, 0.25) is 0 Å². The van der Waals surface area contributed by atoms with Crippen LogP contribution in [0.5, 0.6) is 0 Å². The Morgan fingerprint density at radius 3 is 2.50 bits per heavy atom. The average molecular weight is 303 g/mol. The summed E-state index contributed by atoms with van der Waals surface area (Å²) in [6, 6.07) is 6.09. The van der Waals surface area contributed by atoms with Crippen LogP contribution in [-0.2, 0) is 6.54 Å². The third-order valence-electron chi connectivity index (χ3n) is 3.99. The Hall–Kier alpha value is -2.41. The van der Waals surface area contributed by atoms with Gasteiger partial charge >= 0.3 is 5.63 Å². The van der Waals surface area contributed by atoms with Crippen molar-refractivity contribution in [2.45, 2.75) is 25.8 Å². The topological polar surface area (TPSA) is 92.4 Å². The second kappa shape index (κ2) is 6.15. The minimum absolute atomic E-state index is 0.0205. The highest BCUT2D eigenvalue weighted by molar-refractivity contribution is 5.63. The number of piperidine rings is 1. The molecule has 7 nitrogen and oxygen atoms in total. The number of aromatic amines is 1. The fraction of sp³-hybridized carbons (Fsp3) is 0.400. The van der Waals surface area contributed by atoms with Crippen molar-refractivity contribution in [1.82, 2.24) is 10.1 Å². The van der Waals surface area contributed by atoms with E-state index in [9.17, 15) is 14.9 Å². The van der Waals surface area contributed by atoms with Crippen LogP contribution in [0.1, 0.15) is 24.8 Å². The largest absolute Gasteiger partial charge is 0.362 e. The Morgan fingerprint density at radius 1 is 1.18 bits per heavy atom. The minimum Gasteiger partial charge on any atom is -0.338 e. The third-order valence-corrected chi connectivity index (χ3v) is 3.99. The number of aromatic nitrogens is 1. The van der Waals surface area contributed by atoms with Crippen molar-refractivity contribution in [2.75, 3.05) is 13.1 Å². The number of nitrogens with zero attached hydrogens (tertiary/aromatic N) is 2. The maximum atomic E-state index is 11.9. The lowest BCUT2D eigenvalue weighted by Gasteiger charge is -2.25. The van der Waals surface area contributed by atoms with Gasteiger partial charge < -0.3 is 4.52 Å². The summed E-state index contributed by atoms with van der Waals surface area (Å²) in [7, 11) is 0. The van der Waals surface area contributed by atoms with Gasteiger partial charge in [0.25, 0.3) is 5.69 Å². The number of non-ortho nitro benzene ring substituents is 1. The standard InChI is InChI=1S/C15H17N3O4/c19-15-13(10-17-8-2-1-3-9-17)14(16-22-15)11-4-6-12(7-5-11)18(20)21/h4-7,16H,1-3,8-10H2. The molecular weight excluding hydrogens is 286 g/mol. The van der Waals surface area contributed by atoms with Gasteiger partial charge in [-0.25, -0.2) is 9.95 Å². The number of nitro groups is 1. The molecule has 1 aromatic carbocycles. The smallest absolute Gasteiger partial charge is 0.338 e. The van der Waals surface area contributed by atoms with Crippen molar-refractivity contribution in [3.8, 4) is 11.3 Å². The highest BCUT2D eigenvalue weighted by atomic mass is 16.6. The summed E-state index contributed by atoms with van der Waals surface area (Å²) in [6.45, 7) is 2.49. The first-order valence-electron chi connectivity index (χ1n) is 7.32. The lowest BCUT2D eigenvalue weighted by Crippen LogP contribution is -2.30. The highest BCUT2D eigenvalue weighted by Crippen LogP contribution is 2.24. The molecule has 0 spiro atoms. The highest BCUT2D eigenvalue weighted by Gasteiger charge is 2.19. The molecule has 0 amide bonds. The molecule has 1 fully saturated rings. The lowest BCUT2D eigenvalue weighted by molar-refractivity contribution is -0.384. The SMILES string of the molecule is O=c1o[nH]c(-c2ccc([N+](=O)[O-])cc2)c1CN1CCCCC1. The van der Waals surface area contributed by atoms with Crippen LogP contribution in [0.2, 0.25) is 0 Å². The van der Waals surface area contributed by atoms with E-state index in [0.717, 1.165) is 25.9 Å². The minimum atomic E-state index is -0.448. The summed E-state index contributed by atoms with van der Waals surface area (Å²) < 4.78 is 4.93. The van der Waals surface area contributed by atoms with Crippen LogP contribution in [-0.4, -0.2) is 28.1 Å². The van der Waals surface area contributed by atoms with Gasteiger partial charge in [0.05, 0.1) is 16.2 Å². The van der Waals surface area contributed by atoms with Gasteiger partial charge in [-0.1, -0.05) is 6.42 Å². The summed E-state index contributed by atoms with van der Waals surface area (Å²) >= 11 is 0. The zero-order valence-corrected chi connectivity index (χ0v) is 12.1. The number of nitro benzene ring substituents is 1. The molecule has 1 aliphatic rings. The molecule has 2 heterocycles. The normalized spacial score (nSPS) is 15.8. The molecule has 0 unspecified atom stereocenters. The number of rotatable bonds is 4. The third kappa shape index (κ3) is 2.94. The van der Waals surface area contributed by atoms with Gasteiger partial charge in [0.1, 0.15) is 0 Å². The first-order valence-corrected chi connectivity index (χ1v) is 7.32. The van der Waals surface area contributed by atoms with Crippen LogP contribution in [0, 0.1) is 10.1 Å². The Bertz CT molecular complexity index is 711. The Kier molecular flexibility index (Phi) is 4.06. The van der Waals surface area contributed by atoms with E-state index in [2.05, 4.69) is 10.1 Å². The van der Waals surface area contributed by atoms with Crippen LogP contribution >= 0.6 is 0 Å². The van der Waals surface area contributed by atoms with Crippen molar-refractivity contribution >= 4 is 5.69 Å². The van der Waals surface area contributed by atoms with Gasteiger partial charge in [-0.3, -0.25) is 15.0 Å². The Labute approximate surface area is 126 Å². The predicted molar refractivity (Wildman–Crippen MR) is 80.5 cm³/mol. The first-order chi connectivity index (χ1) is 10.6. The Morgan fingerprint density at radius 2 is 1.86 bits per heavy atom. The van der Waals surface area contributed by atoms with E-state index in [1.807, 2.05) is 0 Å². The van der Waals surface area contributed by atoms with E-state index in [-0.39, 0.29) is 11.3 Å².